The van der Waals surface area contributed by atoms with Crippen LogP contribution in [-0.2, 0) is 31.5 Å². The van der Waals surface area contributed by atoms with Crippen molar-refractivity contribution in [3.63, 3.8) is 0 Å². The molecule has 0 saturated heterocycles. The minimum Gasteiger partial charge on any atom is -0.462 e. The summed E-state index contributed by atoms with van der Waals surface area (Å²) in [6.07, 6.45) is 2.86. The van der Waals surface area contributed by atoms with Gasteiger partial charge in [0.15, 0.2) is 0 Å². The average Bonchev–Trinajstić information content (AvgIpc) is 2.72. The van der Waals surface area contributed by atoms with E-state index in [1.165, 1.54) is 18.2 Å². The molecule has 0 spiro atoms. The van der Waals surface area contributed by atoms with Crippen LogP contribution in [0.3, 0.4) is 0 Å². The Morgan fingerprint density at radius 3 is 2.23 bits per heavy atom. The third-order valence-corrected chi connectivity index (χ3v) is 6.23. The Kier molecular flexibility index (Phi) is 6.85. The van der Waals surface area contributed by atoms with Gasteiger partial charge in [0.2, 0.25) is 5.91 Å². The summed E-state index contributed by atoms with van der Waals surface area (Å²) in [4.78, 5) is 24.2. The van der Waals surface area contributed by atoms with E-state index in [1.807, 2.05) is 36.4 Å². The standard InChI is InChI=1S/C26H33NO4/c1-25(2)13-14-26(3,4)22-16-19(8-11-21(22)25)24(29)31-15-12-18-6-9-20(10-7-18)27-23(28)17-30-5/h6-11,16H,12-15,17H2,1-5H3,(H,27,28). The van der Waals surface area contributed by atoms with E-state index in [-0.39, 0.29) is 29.3 Å². The predicted octanol–water partition coefficient (Wildman–Crippen LogP) is 5.02. The molecule has 0 bridgehead atoms. The Morgan fingerprint density at radius 2 is 1.58 bits per heavy atom. The fourth-order valence-corrected chi connectivity index (χ4v) is 4.14. The maximum Gasteiger partial charge on any atom is 0.338 e. The quantitative estimate of drug-likeness (QED) is 0.635. The molecular formula is C26H33NO4. The van der Waals surface area contributed by atoms with Crippen LogP contribution < -0.4 is 5.32 Å². The third kappa shape index (κ3) is 5.53. The third-order valence-electron chi connectivity index (χ3n) is 6.23. The molecule has 0 atom stereocenters. The minimum absolute atomic E-state index is 0.0229. The van der Waals surface area contributed by atoms with Gasteiger partial charge < -0.3 is 14.8 Å². The van der Waals surface area contributed by atoms with Crippen molar-refractivity contribution in [1.29, 1.82) is 0 Å². The molecule has 2 aromatic rings. The Morgan fingerprint density at radius 1 is 0.935 bits per heavy atom. The molecule has 5 heteroatoms. The summed E-state index contributed by atoms with van der Waals surface area (Å²) < 4.78 is 10.3. The number of hydrogen-bond acceptors (Lipinski definition) is 4. The largest absolute Gasteiger partial charge is 0.462 e. The number of nitrogens with one attached hydrogen (secondary N) is 1. The topological polar surface area (TPSA) is 64.6 Å². The summed E-state index contributed by atoms with van der Waals surface area (Å²) in [6, 6.07) is 13.5. The first kappa shape index (κ1) is 23.0. The van der Waals surface area contributed by atoms with Crippen molar-refractivity contribution in [3.05, 3.63) is 64.7 Å². The van der Waals surface area contributed by atoms with Crippen LogP contribution in [0.2, 0.25) is 0 Å². The summed E-state index contributed by atoms with van der Waals surface area (Å²) >= 11 is 0. The predicted molar refractivity (Wildman–Crippen MR) is 123 cm³/mol. The van der Waals surface area contributed by atoms with Gasteiger partial charge in [-0.25, -0.2) is 4.79 Å². The Balaban J connectivity index is 1.59. The van der Waals surface area contributed by atoms with Gasteiger partial charge in [-0.15, -0.1) is 0 Å². The number of anilines is 1. The molecule has 0 aromatic heterocycles. The van der Waals surface area contributed by atoms with Crippen molar-refractivity contribution < 1.29 is 19.1 Å². The van der Waals surface area contributed by atoms with Gasteiger partial charge >= 0.3 is 5.97 Å². The van der Waals surface area contributed by atoms with E-state index in [0.29, 0.717) is 24.3 Å². The number of methoxy groups -OCH3 is 1. The molecule has 0 saturated carbocycles. The van der Waals surface area contributed by atoms with Crippen molar-refractivity contribution in [1.82, 2.24) is 0 Å². The summed E-state index contributed by atoms with van der Waals surface area (Å²) in [5, 5.41) is 2.75. The second-order valence-electron chi connectivity index (χ2n) is 9.59. The van der Waals surface area contributed by atoms with Gasteiger partial charge in [0, 0.05) is 19.2 Å². The number of amides is 1. The van der Waals surface area contributed by atoms with Crippen molar-refractivity contribution in [2.24, 2.45) is 0 Å². The number of fused-ring (bicyclic) bond motifs is 1. The second kappa shape index (κ2) is 9.23. The van der Waals surface area contributed by atoms with Gasteiger partial charge in [-0.05, 0) is 64.6 Å². The maximum atomic E-state index is 12.6. The lowest BCUT2D eigenvalue weighted by Crippen LogP contribution is -2.34. The van der Waals surface area contributed by atoms with Crippen LogP contribution in [0, 0.1) is 0 Å². The highest BCUT2D eigenvalue weighted by atomic mass is 16.5. The first-order valence-corrected chi connectivity index (χ1v) is 10.8. The molecule has 1 aliphatic carbocycles. The van der Waals surface area contributed by atoms with E-state index in [2.05, 4.69) is 39.1 Å². The molecule has 5 nitrogen and oxygen atoms in total. The normalized spacial score (nSPS) is 16.3. The van der Waals surface area contributed by atoms with Gasteiger partial charge in [-0.3, -0.25) is 4.79 Å². The van der Waals surface area contributed by atoms with Crippen molar-refractivity contribution in [2.75, 3.05) is 25.6 Å². The number of hydrogen-bond donors (Lipinski definition) is 1. The number of carbonyl (C=O) groups is 2. The van der Waals surface area contributed by atoms with Gasteiger partial charge in [0.1, 0.15) is 6.61 Å². The van der Waals surface area contributed by atoms with Crippen LogP contribution in [0.4, 0.5) is 5.69 Å². The highest BCUT2D eigenvalue weighted by molar-refractivity contribution is 5.91. The smallest absolute Gasteiger partial charge is 0.338 e. The minimum atomic E-state index is -0.287. The molecule has 0 radical (unpaired) electrons. The second-order valence-corrected chi connectivity index (χ2v) is 9.59. The Labute approximate surface area is 185 Å². The Hall–Kier alpha value is -2.66. The molecule has 0 aliphatic heterocycles. The van der Waals surface area contributed by atoms with E-state index >= 15 is 0 Å². The highest BCUT2D eigenvalue weighted by Crippen LogP contribution is 2.45. The van der Waals surface area contributed by atoms with Gasteiger partial charge in [-0.1, -0.05) is 45.9 Å². The molecule has 166 valence electrons. The summed E-state index contributed by atoms with van der Waals surface area (Å²) in [7, 11) is 1.48. The molecule has 1 aliphatic rings. The van der Waals surface area contributed by atoms with Gasteiger partial charge in [0.25, 0.3) is 0 Å². The first-order chi connectivity index (χ1) is 14.6. The first-order valence-electron chi connectivity index (χ1n) is 10.8. The van der Waals surface area contributed by atoms with Crippen molar-refractivity contribution in [3.8, 4) is 0 Å². The molecule has 3 rings (SSSR count). The van der Waals surface area contributed by atoms with E-state index in [1.54, 1.807) is 0 Å². The van der Waals surface area contributed by atoms with E-state index in [0.717, 1.165) is 18.4 Å². The monoisotopic (exact) mass is 423 g/mol. The summed E-state index contributed by atoms with van der Waals surface area (Å²) in [6.45, 7) is 9.37. The number of benzene rings is 2. The SMILES string of the molecule is COCC(=O)Nc1ccc(CCOC(=O)c2ccc3c(c2)C(C)(C)CCC3(C)C)cc1. The maximum absolute atomic E-state index is 12.6. The van der Waals surface area contributed by atoms with Crippen molar-refractivity contribution >= 4 is 17.6 Å². The molecule has 1 amide bonds. The molecule has 1 N–H and O–H groups in total. The molecule has 0 heterocycles. The molecule has 0 fully saturated rings. The van der Waals surface area contributed by atoms with Crippen LogP contribution in [0.15, 0.2) is 42.5 Å². The zero-order valence-electron chi connectivity index (χ0n) is 19.2. The molecule has 31 heavy (non-hydrogen) atoms. The van der Waals surface area contributed by atoms with Crippen LogP contribution in [0.5, 0.6) is 0 Å². The van der Waals surface area contributed by atoms with Gasteiger partial charge in [-0.2, -0.15) is 0 Å². The summed E-state index contributed by atoms with van der Waals surface area (Å²) in [5.41, 5.74) is 5.13. The van der Waals surface area contributed by atoms with Crippen LogP contribution in [0.1, 0.15) is 67.6 Å². The van der Waals surface area contributed by atoms with E-state index in [9.17, 15) is 9.59 Å². The molecule has 0 unspecified atom stereocenters. The Bertz CT molecular complexity index is 944. The zero-order valence-corrected chi connectivity index (χ0v) is 19.2. The van der Waals surface area contributed by atoms with Crippen LogP contribution >= 0.6 is 0 Å². The highest BCUT2D eigenvalue weighted by Gasteiger charge is 2.37. The number of esters is 1. The van der Waals surface area contributed by atoms with E-state index in [4.69, 9.17) is 9.47 Å². The van der Waals surface area contributed by atoms with E-state index < -0.39 is 0 Å². The lowest BCUT2D eigenvalue weighted by Gasteiger charge is -2.41. The van der Waals surface area contributed by atoms with Crippen LogP contribution in [0.25, 0.3) is 0 Å². The number of ether oxygens (including phenoxy) is 2. The molecular weight excluding hydrogens is 390 g/mol. The van der Waals surface area contributed by atoms with Crippen LogP contribution in [-0.4, -0.2) is 32.2 Å². The number of carbonyl (C=O) groups excluding carboxylic acids is 2. The van der Waals surface area contributed by atoms with Crippen molar-refractivity contribution in [2.45, 2.75) is 57.8 Å². The number of rotatable bonds is 7. The average molecular weight is 424 g/mol. The lowest BCUT2D eigenvalue weighted by atomic mass is 9.63. The lowest BCUT2D eigenvalue weighted by molar-refractivity contribution is -0.119. The zero-order chi connectivity index (χ0) is 22.6. The fraction of sp³-hybridized carbons (Fsp3) is 0.462. The fourth-order valence-electron chi connectivity index (χ4n) is 4.14. The van der Waals surface area contributed by atoms with Gasteiger partial charge in [0.05, 0.1) is 12.2 Å². The summed E-state index contributed by atoms with van der Waals surface area (Å²) in [5.74, 6) is -0.480. The molecule has 2 aromatic carbocycles.